The zero-order valence-electron chi connectivity index (χ0n) is 20.3. The van der Waals surface area contributed by atoms with Gasteiger partial charge in [0.25, 0.3) is 11.8 Å². The second kappa shape index (κ2) is 15.2. The normalized spacial score (nSPS) is 13.7. The average Bonchev–Trinajstić information content (AvgIpc) is 3.23. The topological polar surface area (TPSA) is 127 Å². The van der Waals surface area contributed by atoms with Crippen molar-refractivity contribution in [1.82, 2.24) is 5.06 Å². The van der Waals surface area contributed by atoms with Gasteiger partial charge in [-0.05, 0) is 11.1 Å². The molecule has 1 aliphatic heterocycles. The lowest BCUT2D eigenvalue weighted by atomic mass is 10.2. The monoisotopic (exact) mass is 535 g/mol. The third kappa shape index (κ3) is 10.4. The number of hydrogen-bond acceptors (Lipinski definition) is 10. The van der Waals surface area contributed by atoms with Crippen LogP contribution >= 0.6 is 7.60 Å². The van der Waals surface area contributed by atoms with E-state index in [4.69, 9.17) is 23.3 Å². The minimum atomic E-state index is -3.44. The Hall–Kier alpha value is -3.08. The predicted octanol–water partition coefficient (Wildman–Crippen LogP) is 3.86. The molecule has 2 aromatic rings. The molecule has 1 saturated heterocycles. The highest BCUT2D eigenvalue weighted by Crippen LogP contribution is 2.49. The molecular formula is C25H30NO10P. The Morgan fingerprint density at radius 3 is 1.76 bits per heavy atom. The van der Waals surface area contributed by atoms with Crippen LogP contribution in [0.15, 0.2) is 60.7 Å². The van der Waals surface area contributed by atoms with Crippen LogP contribution in [0.25, 0.3) is 0 Å². The van der Waals surface area contributed by atoms with Gasteiger partial charge in [0.15, 0.2) is 0 Å². The van der Waals surface area contributed by atoms with Gasteiger partial charge in [-0.2, -0.15) is 0 Å². The van der Waals surface area contributed by atoms with Gasteiger partial charge in [0, 0.05) is 12.8 Å². The van der Waals surface area contributed by atoms with Gasteiger partial charge in [-0.3, -0.25) is 19.0 Å². The molecule has 0 aromatic heterocycles. The molecule has 1 fully saturated rings. The fraction of sp³-hybridized carbons (Fsp3) is 0.400. The second-order valence-electron chi connectivity index (χ2n) is 7.85. The molecule has 1 heterocycles. The summed E-state index contributed by atoms with van der Waals surface area (Å²) in [6.45, 7) is 0.756. The zero-order valence-corrected chi connectivity index (χ0v) is 21.2. The average molecular weight is 535 g/mol. The van der Waals surface area contributed by atoms with E-state index in [1.165, 1.54) is 0 Å². The van der Waals surface area contributed by atoms with E-state index in [1.807, 2.05) is 60.7 Å². The molecule has 37 heavy (non-hydrogen) atoms. The van der Waals surface area contributed by atoms with Crippen LogP contribution in [0, 0.1) is 0 Å². The first-order chi connectivity index (χ1) is 18.0. The number of nitrogens with zero attached hydrogens (tertiary/aromatic N) is 1. The molecule has 200 valence electrons. The van der Waals surface area contributed by atoms with Gasteiger partial charge in [0.1, 0.15) is 6.61 Å². The smallest absolute Gasteiger partial charge is 0.430 e. The van der Waals surface area contributed by atoms with E-state index >= 15 is 0 Å². The van der Waals surface area contributed by atoms with E-state index in [1.54, 1.807) is 0 Å². The van der Waals surface area contributed by atoms with Crippen LogP contribution in [0.1, 0.15) is 24.0 Å². The van der Waals surface area contributed by atoms with E-state index in [-0.39, 0.29) is 65.3 Å². The summed E-state index contributed by atoms with van der Waals surface area (Å²) in [5.74, 6) is -1.17. The summed E-state index contributed by atoms with van der Waals surface area (Å²) < 4.78 is 40.3. The lowest BCUT2D eigenvalue weighted by Gasteiger charge is -2.19. The highest BCUT2D eigenvalue weighted by Gasteiger charge is 2.33. The third-order valence-electron chi connectivity index (χ3n) is 5.04. The maximum atomic E-state index is 13.3. The number of ether oxygens (including phenoxy) is 3. The highest BCUT2D eigenvalue weighted by molar-refractivity contribution is 7.53. The van der Waals surface area contributed by atoms with Gasteiger partial charge in [0.2, 0.25) is 0 Å². The van der Waals surface area contributed by atoms with Crippen molar-refractivity contribution in [3.8, 4) is 0 Å². The third-order valence-corrected chi connectivity index (χ3v) is 6.82. The number of hydroxylamine groups is 2. The maximum Gasteiger partial charge on any atom is 0.534 e. The quantitative estimate of drug-likeness (QED) is 0.135. The van der Waals surface area contributed by atoms with Crippen molar-refractivity contribution < 1.29 is 47.0 Å². The molecule has 0 spiro atoms. The number of rotatable bonds is 16. The summed E-state index contributed by atoms with van der Waals surface area (Å²) in [7, 11) is -3.44. The van der Waals surface area contributed by atoms with Crippen LogP contribution in [0.5, 0.6) is 0 Å². The molecule has 0 radical (unpaired) electrons. The summed E-state index contributed by atoms with van der Waals surface area (Å²) in [6.07, 6.45) is -1.09. The van der Waals surface area contributed by atoms with Crippen molar-refractivity contribution >= 4 is 25.6 Å². The lowest BCUT2D eigenvalue weighted by molar-refractivity contribution is -0.177. The SMILES string of the molecule is O=C(OCCOCCOCCP(=O)(OCc1ccccc1)OCc1ccccc1)ON1C(=O)CCC1=O. The minimum absolute atomic E-state index is 0.00296. The van der Waals surface area contributed by atoms with Crippen LogP contribution in [0.2, 0.25) is 0 Å². The van der Waals surface area contributed by atoms with Crippen molar-refractivity contribution in [3.63, 3.8) is 0 Å². The molecule has 0 bridgehead atoms. The van der Waals surface area contributed by atoms with Crippen LogP contribution in [-0.2, 0) is 55.5 Å². The van der Waals surface area contributed by atoms with Gasteiger partial charge in [0.05, 0.1) is 45.8 Å². The van der Waals surface area contributed by atoms with Gasteiger partial charge in [-0.15, -0.1) is 0 Å². The largest absolute Gasteiger partial charge is 0.534 e. The van der Waals surface area contributed by atoms with Gasteiger partial charge in [-0.25, -0.2) is 4.79 Å². The van der Waals surface area contributed by atoms with Gasteiger partial charge < -0.3 is 23.3 Å². The number of benzene rings is 2. The van der Waals surface area contributed by atoms with Crippen molar-refractivity contribution in [3.05, 3.63) is 71.8 Å². The first-order valence-electron chi connectivity index (χ1n) is 11.8. The molecule has 12 heteroatoms. The Labute approximate surface area is 215 Å². The molecule has 0 atom stereocenters. The lowest BCUT2D eigenvalue weighted by Crippen LogP contribution is -2.32. The Morgan fingerprint density at radius 1 is 0.730 bits per heavy atom. The molecular weight excluding hydrogens is 505 g/mol. The van der Waals surface area contributed by atoms with Crippen molar-refractivity contribution in [1.29, 1.82) is 0 Å². The number of carbonyl (C=O) groups excluding carboxylic acids is 3. The first-order valence-corrected chi connectivity index (χ1v) is 13.5. The predicted molar refractivity (Wildman–Crippen MR) is 130 cm³/mol. The summed E-state index contributed by atoms with van der Waals surface area (Å²) in [4.78, 5) is 38.9. The van der Waals surface area contributed by atoms with E-state index in [0.29, 0.717) is 5.06 Å². The second-order valence-corrected chi connectivity index (χ2v) is 10.0. The standard InChI is InChI=1S/C25H30NO10P/c27-23-11-12-24(28)26(23)36-25(29)33-16-15-31-13-14-32-17-18-37(30,34-19-21-7-3-1-4-8-21)35-20-22-9-5-2-6-10-22/h1-10H,11-20H2. The van der Waals surface area contributed by atoms with Crippen LogP contribution in [0.4, 0.5) is 4.79 Å². The molecule has 11 nitrogen and oxygen atoms in total. The molecule has 0 unspecified atom stereocenters. The fourth-order valence-corrected chi connectivity index (χ4v) is 4.48. The summed E-state index contributed by atoms with van der Waals surface area (Å²) in [5, 5.41) is 0.406. The summed E-state index contributed by atoms with van der Waals surface area (Å²) in [5.41, 5.74) is 1.76. The molecule has 2 amide bonds. The van der Waals surface area contributed by atoms with E-state index < -0.39 is 25.6 Å². The summed E-state index contributed by atoms with van der Waals surface area (Å²) in [6, 6.07) is 18.8. The minimum Gasteiger partial charge on any atom is -0.430 e. The molecule has 0 aliphatic carbocycles. The van der Waals surface area contributed by atoms with Crippen LogP contribution in [0.3, 0.4) is 0 Å². The Morgan fingerprint density at radius 2 is 1.22 bits per heavy atom. The number of amides is 2. The van der Waals surface area contributed by atoms with E-state index in [0.717, 1.165) is 11.1 Å². The van der Waals surface area contributed by atoms with Crippen LogP contribution < -0.4 is 0 Å². The maximum absolute atomic E-state index is 13.3. The molecule has 0 N–H and O–H groups in total. The Balaban J connectivity index is 1.30. The Bertz CT molecular complexity index is 986. The molecule has 3 rings (SSSR count). The van der Waals surface area contributed by atoms with Crippen molar-refractivity contribution in [2.45, 2.75) is 26.1 Å². The van der Waals surface area contributed by atoms with Gasteiger partial charge >= 0.3 is 13.8 Å². The molecule has 1 aliphatic rings. The number of imide groups is 1. The van der Waals surface area contributed by atoms with Crippen LogP contribution in [-0.4, -0.2) is 62.2 Å². The highest BCUT2D eigenvalue weighted by atomic mass is 31.2. The van der Waals surface area contributed by atoms with E-state index in [2.05, 4.69) is 4.84 Å². The van der Waals surface area contributed by atoms with Gasteiger partial charge in [-0.1, -0.05) is 65.7 Å². The zero-order chi connectivity index (χ0) is 26.3. The van der Waals surface area contributed by atoms with E-state index in [9.17, 15) is 18.9 Å². The van der Waals surface area contributed by atoms with Crippen molar-refractivity contribution in [2.24, 2.45) is 0 Å². The van der Waals surface area contributed by atoms with Crippen molar-refractivity contribution in [2.75, 3.05) is 39.2 Å². The summed E-state index contributed by atoms with van der Waals surface area (Å²) >= 11 is 0. The Kier molecular flexibility index (Phi) is 11.7. The first kappa shape index (κ1) is 28.5. The number of hydrogen-bond donors (Lipinski definition) is 0. The fourth-order valence-electron chi connectivity index (χ4n) is 3.10. The number of carbonyl (C=O) groups is 3. The molecule has 0 saturated carbocycles. The molecule has 2 aromatic carbocycles.